The van der Waals surface area contributed by atoms with E-state index in [9.17, 15) is 9.35 Å². The molecule has 146 valence electrons. The number of ether oxygens (including phenoxy) is 1. The fourth-order valence-corrected chi connectivity index (χ4v) is 5.62. The van der Waals surface area contributed by atoms with Gasteiger partial charge in [0.2, 0.25) is 0 Å². The quantitative estimate of drug-likeness (QED) is 0.805. The minimum absolute atomic E-state index is 0.0255. The van der Waals surface area contributed by atoms with Crippen LogP contribution in [0, 0.1) is 6.92 Å². The van der Waals surface area contributed by atoms with Crippen molar-refractivity contribution in [3.05, 3.63) is 52.2 Å². The molecule has 1 saturated heterocycles. The van der Waals surface area contributed by atoms with Crippen molar-refractivity contribution in [2.24, 2.45) is 0 Å². The van der Waals surface area contributed by atoms with Gasteiger partial charge in [0.15, 0.2) is 0 Å². The van der Waals surface area contributed by atoms with Crippen molar-refractivity contribution in [3.8, 4) is 5.75 Å². The number of piperidine rings is 1. The minimum atomic E-state index is -0.760. The number of pyridine rings is 1. The molecule has 3 aliphatic rings. The first kappa shape index (κ1) is 17.8. The van der Waals surface area contributed by atoms with Crippen LogP contribution >= 0.6 is 0 Å². The molecule has 28 heavy (non-hydrogen) atoms. The molecule has 1 amide bonds. The Bertz CT molecular complexity index is 941. The van der Waals surface area contributed by atoms with Crippen molar-refractivity contribution in [2.75, 3.05) is 18.0 Å². The van der Waals surface area contributed by atoms with Crippen LogP contribution in [0.25, 0.3) is 0 Å². The number of aryl methyl sites for hydroxylation is 1. The van der Waals surface area contributed by atoms with Crippen LogP contribution in [0.1, 0.15) is 45.6 Å². The van der Waals surface area contributed by atoms with Crippen LogP contribution in [0.3, 0.4) is 0 Å². The van der Waals surface area contributed by atoms with E-state index in [1.807, 2.05) is 19.1 Å². The lowest BCUT2D eigenvalue weighted by Gasteiger charge is -2.34. The molecule has 4 heterocycles. The molecule has 1 unspecified atom stereocenters. The molecule has 2 aromatic rings. The molecular weight excluding hydrogens is 374 g/mol. The number of anilines is 1. The molecule has 1 aromatic heterocycles. The van der Waals surface area contributed by atoms with Crippen LogP contribution in [0.5, 0.6) is 5.75 Å². The number of nitrogens with zero attached hydrogens (tertiary/aromatic N) is 2. The molecule has 1 atom stereocenters. The van der Waals surface area contributed by atoms with E-state index >= 15 is 0 Å². The first-order valence-electron chi connectivity index (χ1n) is 9.74. The van der Waals surface area contributed by atoms with Gasteiger partial charge in [0.05, 0.1) is 17.8 Å². The van der Waals surface area contributed by atoms with Crippen molar-refractivity contribution in [3.63, 3.8) is 0 Å². The van der Waals surface area contributed by atoms with E-state index in [1.165, 1.54) is 5.56 Å². The van der Waals surface area contributed by atoms with E-state index < -0.39 is 11.2 Å². The molecule has 0 radical (unpaired) electrons. The number of hydrogen-bond donors (Lipinski definition) is 1. The van der Waals surface area contributed by atoms with Gasteiger partial charge in [-0.3, -0.25) is 4.79 Å². The van der Waals surface area contributed by atoms with Crippen LogP contribution in [0.15, 0.2) is 24.3 Å². The van der Waals surface area contributed by atoms with E-state index in [0.29, 0.717) is 23.6 Å². The maximum Gasteiger partial charge on any atom is 0.253 e. The summed E-state index contributed by atoms with van der Waals surface area (Å²) in [5.74, 6) is 3.15. The molecule has 0 aliphatic carbocycles. The summed E-state index contributed by atoms with van der Waals surface area (Å²) in [5.41, 5.74) is 4.94. The summed E-state index contributed by atoms with van der Waals surface area (Å²) in [6, 6.07) is 8.07. The fraction of sp³-hybridized carbons (Fsp3) is 0.429. The number of amides is 1. The Morgan fingerprint density at radius 3 is 2.82 bits per heavy atom. The Hall–Kier alpha value is -2.25. The molecule has 3 aliphatic heterocycles. The van der Waals surface area contributed by atoms with Crippen LogP contribution in [0.2, 0.25) is 0 Å². The van der Waals surface area contributed by atoms with Crippen molar-refractivity contribution < 1.29 is 14.1 Å². The summed E-state index contributed by atoms with van der Waals surface area (Å²) >= 11 is -0.760. The second kappa shape index (κ2) is 6.97. The summed E-state index contributed by atoms with van der Waals surface area (Å²) in [6.45, 7) is 4.30. The van der Waals surface area contributed by atoms with Crippen molar-refractivity contribution >= 4 is 22.9 Å². The number of fused-ring (bicyclic) bond motifs is 2. The van der Waals surface area contributed by atoms with E-state index in [0.717, 1.165) is 54.3 Å². The Labute approximate surface area is 167 Å². The van der Waals surface area contributed by atoms with E-state index in [2.05, 4.69) is 22.3 Å². The van der Waals surface area contributed by atoms with Crippen LogP contribution in [-0.2, 0) is 29.2 Å². The average Bonchev–Trinajstić information content (AvgIpc) is 3.23. The highest BCUT2D eigenvalue weighted by Gasteiger charge is 2.27. The zero-order valence-corrected chi connectivity index (χ0v) is 16.7. The van der Waals surface area contributed by atoms with E-state index in [4.69, 9.17) is 9.72 Å². The maximum atomic E-state index is 11.8. The highest BCUT2D eigenvalue weighted by molar-refractivity contribution is 7.90. The number of rotatable bonds is 3. The van der Waals surface area contributed by atoms with Gasteiger partial charge in [-0.05, 0) is 41.9 Å². The predicted molar refractivity (Wildman–Crippen MR) is 108 cm³/mol. The second-order valence-electron chi connectivity index (χ2n) is 7.77. The SMILES string of the molecule is Cc1cc2c(nc1N1CCC(Oc3ccc4c(c3)C[S+]([O-])C4)CC1)CNC2=O. The normalized spacial score (nSPS) is 21.4. The lowest BCUT2D eigenvalue weighted by Crippen LogP contribution is -2.39. The molecule has 0 spiro atoms. The molecule has 1 N–H and O–H groups in total. The van der Waals surface area contributed by atoms with Gasteiger partial charge in [0, 0.05) is 37.1 Å². The van der Waals surface area contributed by atoms with Gasteiger partial charge >= 0.3 is 0 Å². The first-order chi connectivity index (χ1) is 13.6. The zero-order valence-electron chi connectivity index (χ0n) is 15.9. The Kier molecular flexibility index (Phi) is 4.44. The van der Waals surface area contributed by atoms with Gasteiger partial charge in [0.1, 0.15) is 29.2 Å². The van der Waals surface area contributed by atoms with Gasteiger partial charge in [-0.2, -0.15) is 0 Å². The summed E-state index contributed by atoms with van der Waals surface area (Å²) in [6.07, 6.45) is 2.04. The Balaban J connectivity index is 1.24. The monoisotopic (exact) mass is 397 g/mol. The molecule has 7 heteroatoms. The summed E-state index contributed by atoms with van der Waals surface area (Å²) in [7, 11) is 0. The van der Waals surface area contributed by atoms with Crippen LogP contribution < -0.4 is 15.0 Å². The van der Waals surface area contributed by atoms with Gasteiger partial charge in [-0.25, -0.2) is 4.98 Å². The second-order valence-corrected chi connectivity index (χ2v) is 9.23. The number of hydrogen-bond acceptors (Lipinski definition) is 5. The van der Waals surface area contributed by atoms with E-state index in [-0.39, 0.29) is 12.0 Å². The summed E-state index contributed by atoms with van der Waals surface area (Å²) in [5, 5.41) is 2.84. The summed E-state index contributed by atoms with van der Waals surface area (Å²) < 4.78 is 17.9. The summed E-state index contributed by atoms with van der Waals surface area (Å²) in [4.78, 5) is 18.9. The molecule has 0 bridgehead atoms. The Morgan fingerprint density at radius 2 is 2.00 bits per heavy atom. The topological polar surface area (TPSA) is 77.5 Å². The standard InChI is InChI=1S/C21H23N3O3S/c1-13-8-18-19(10-22-21(18)25)23-20(13)24-6-4-16(5-7-24)27-17-3-2-14-11-28(26)12-15(14)9-17/h2-3,8-9,16H,4-7,10-12H2,1H3,(H,22,25). The smallest absolute Gasteiger partial charge is 0.253 e. The first-order valence-corrected chi connectivity index (χ1v) is 11.2. The van der Waals surface area contributed by atoms with Crippen LogP contribution in [-0.4, -0.2) is 34.6 Å². The van der Waals surface area contributed by atoms with Crippen LogP contribution in [0.4, 0.5) is 5.82 Å². The van der Waals surface area contributed by atoms with Gasteiger partial charge in [-0.15, -0.1) is 0 Å². The lowest BCUT2D eigenvalue weighted by molar-refractivity contribution is 0.0965. The fourth-order valence-electron chi connectivity index (χ4n) is 4.28. The third-order valence-electron chi connectivity index (χ3n) is 5.78. The largest absolute Gasteiger partial charge is 0.616 e. The van der Waals surface area contributed by atoms with Crippen molar-refractivity contribution in [1.82, 2.24) is 10.3 Å². The number of benzene rings is 1. The third kappa shape index (κ3) is 3.22. The molecule has 0 saturated carbocycles. The Morgan fingerprint density at radius 1 is 1.21 bits per heavy atom. The van der Waals surface area contributed by atoms with Crippen molar-refractivity contribution in [2.45, 2.75) is 43.9 Å². The molecule has 6 nitrogen and oxygen atoms in total. The number of carbonyl (C=O) groups excluding carboxylic acids is 1. The van der Waals surface area contributed by atoms with Gasteiger partial charge in [-0.1, -0.05) is 6.07 Å². The maximum absolute atomic E-state index is 11.8. The van der Waals surface area contributed by atoms with Gasteiger partial charge in [0.25, 0.3) is 5.91 Å². The highest BCUT2D eigenvalue weighted by atomic mass is 32.2. The number of aromatic nitrogens is 1. The molecule has 1 aromatic carbocycles. The molecule has 1 fully saturated rings. The number of carbonyl (C=O) groups is 1. The zero-order chi connectivity index (χ0) is 19.3. The predicted octanol–water partition coefficient (Wildman–Crippen LogP) is 2.44. The van der Waals surface area contributed by atoms with E-state index in [1.54, 1.807) is 0 Å². The lowest BCUT2D eigenvalue weighted by atomic mass is 10.1. The third-order valence-corrected chi connectivity index (χ3v) is 7.05. The van der Waals surface area contributed by atoms with Gasteiger partial charge < -0.3 is 19.5 Å². The number of nitrogens with one attached hydrogen (secondary N) is 1. The minimum Gasteiger partial charge on any atom is -0.616 e. The molecular formula is C21H23N3O3S. The molecule has 5 rings (SSSR count). The highest BCUT2D eigenvalue weighted by Crippen LogP contribution is 2.31. The van der Waals surface area contributed by atoms with Crippen molar-refractivity contribution in [1.29, 1.82) is 0 Å². The average molecular weight is 398 g/mol.